The Morgan fingerprint density at radius 2 is 1.68 bits per heavy atom. The second-order valence-corrected chi connectivity index (χ2v) is 12.1. The maximum absolute atomic E-state index is 11.8. The summed E-state index contributed by atoms with van der Waals surface area (Å²) in [5, 5.41) is 25.9. The number of aromatic nitrogens is 6. The number of benzene rings is 3. The Bertz CT molecular complexity index is 1760. The van der Waals surface area contributed by atoms with Crippen molar-refractivity contribution in [1.82, 2.24) is 30.2 Å². The van der Waals surface area contributed by atoms with Gasteiger partial charge in [-0.1, -0.05) is 74.0 Å². The van der Waals surface area contributed by atoms with Crippen LogP contribution in [0.15, 0.2) is 84.0 Å². The molecule has 1 unspecified atom stereocenters. The van der Waals surface area contributed by atoms with Crippen LogP contribution in [0.4, 0.5) is 0 Å². The molecule has 0 saturated carbocycles. The first-order valence-corrected chi connectivity index (χ1v) is 16.0. The smallest absolute Gasteiger partial charge is 0.854 e. The van der Waals surface area contributed by atoms with Crippen molar-refractivity contribution in [3.8, 4) is 28.3 Å². The maximum atomic E-state index is 11.8. The van der Waals surface area contributed by atoms with E-state index < -0.39 is 10.5 Å². The van der Waals surface area contributed by atoms with Crippen molar-refractivity contribution in [2.75, 3.05) is 6.61 Å². The van der Waals surface area contributed by atoms with Crippen LogP contribution in [0.3, 0.4) is 0 Å². The molecule has 1 aliphatic heterocycles. The summed E-state index contributed by atoms with van der Waals surface area (Å²) in [6, 6.07) is 24.3. The fourth-order valence-electron chi connectivity index (χ4n) is 5.40. The monoisotopic (exact) mass is 697 g/mol. The molecule has 0 spiro atoms. The van der Waals surface area contributed by atoms with Gasteiger partial charge in [-0.3, -0.25) is 15.1 Å². The second-order valence-electron chi connectivity index (χ2n) is 10.9. The van der Waals surface area contributed by atoms with Gasteiger partial charge in [0.15, 0.2) is 0 Å². The number of aryl methyl sites for hydroxylation is 2. The third-order valence-corrected chi connectivity index (χ3v) is 8.72. The third-order valence-electron chi connectivity index (χ3n) is 7.78. The predicted molar refractivity (Wildman–Crippen MR) is 172 cm³/mol. The minimum Gasteiger partial charge on any atom is -0.854 e. The van der Waals surface area contributed by atoms with Crippen molar-refractivity contribution in [2.24, 2.45) is 4.99 Å². The number of thioether (sulfide) groups is 1. The van der Waals surface area contributed by atoms with E-state index in [0.717, 1.165) is 84.2 Å². The summed E-state index contributed by atoms with van der Waals surface area (Å²) in [6.45, 7) is 3.52. The van der Waals surface area contributed by atoms with E-state index >= 15 is 0 Å². The SMILES string of the molecule is CCCCc1ncc(CCCOc2ccc(CC3SC([O-])=NC3=O)cc2)n1Cc1ccc(-c2ccccc2-c2nnn[n-]2)cc1.[K+].[K+]. The Labute approximate surface area is 363 Å². The Hall–Kier alpha value is -1.50. The van der Waals surface area contributed by atoms with E-state index in [-0.39, 0.29) is 109 Å². The molecule has 0 saturated heterocycles. The van der Waals surface area contributed by atoms with Gasteiger partial charge in [-0.2, -0.15) is 5.21 Å². The van der Waals surface area contributed by atoms with Crippen molar-refractivity contribution >= 4 is 22.9 Å². The maximum Gasteiger partial charge on any atom is 1.00 e. The molecule has 6 rings (SSSR count). The molecule has 1 amide bonds. The van der Waals surface area contributed by atoms with Crippen LogP contribution in [0.2, 0.25) is 0 Å². The summed E-state index contributed by atoms with van der Waals surface area (Å²) < 4.78 is 8.37. The van der Waals surface area contributed by atoms with Gasteiger partial charge in [0.05, 0.1) is 11.9 Å². The number of carbonyl (C=O) groups excluding carboxylic acids is 1. The molecule has 0 radical (unpaired) electrons. The molecule has 47 heavy (non-hydrogen) atoms. The molecule has 5 aromatic rings. The second kappa shape index (κ2) is 19.0. The van der Waals surface area contributed by atoms with Gasteiger partial charge in [-0.05, 0) is 65.6 Å². The van der Waals surface area contributed by atoms with Crippen LogP contribution in [-0.2, 0) is 30.6 Å². The zero-order valence-electron chi connectivity index (χ0n) is 27.0. The summed E-state index contributed by atoms with van der Waals surface area (Å²) in [6.07, 6.45) is 7.34. The number of ether oxygens (including phenoxy) is 1. The van der Waals surface area contributed by atoms with Crippen molar-refractivity contribution < 1.29 is 117 Å². The summed E-state index contributed by atoms with van der Waals surface area (Å²) >= 11 is 0.993. The first-order chi connectivity index (χ1) is 22.1. The van der Waals surface area contributed by atoms with Gasteiger partial charge < -0.3 is 19.5 Å². The summed E-state index contributed by atoms with van der Waals surface area (Å²) in [5.74, 6) is 2.06. The molecule has 10 nitrogen and oxygen atoms in total. The van der Waals surface area contributed by atoms with Crippen LogP contribution in [0, 0.1) is 0 Å². The Balaban J connectivity index is 0.00000250. The Morgan fingerprint density at radius 1 is 0.936 bits per heavy atom. The zero-order chi connectivity index (χ0) is 31.0. The number of rotatable bonds is 14. The van der Waals surface area contributed by atoms with E-state index in [1.165, 1.54) is 11.3 Å². The molecular formula is C34H33K2N7O3S. The Morgan fingerprint density at radius 3 is 2.36 bits per heavy atom. The van der Waals surface area contributed by atoms with Gasteiger partial charge >= 0.3 is 103 Å². The number of amides is 1. The van der Waals surface area contributed by atoms with Gasteiger partial charge in [0.1, 0.15) is 11.6 Å². The van der Waals surface area contributed by atoms with Gasteiger partial charge in [-0.15, -0.1) is 11.8 Å². The van der Waals surface area contributed by atoms with E-state index in [9.17, 15) is 9.90 Å². The minimum absolute atomic E-state index is 0. The number of aliphatic imine (C=N–C) groups is 1. The molecule has 0 aliphatic carbocycles. The number of tetrazole rings is 1. The summed E-state index contributed by atoms with van der Waals surface area (Å²) in [5.41, 5.74) is 6.40. The van der Waals surface area contributed by atoms with E-state index in [1.807, 2.05) is 48.7 Å². The molecule has 1 atom stereocenters. The number of hydrogen-bond donors (Lipinski definition) is 0. The summed E-state index contributed by atoms with van der Waals surface area (Å²) in [7, 11) is 0. The number of unbranched alkanes of at least 4 members (excludes halogenated alkanes) is 1. The number of hydrogen-bond acceptors (Lipinski definition) is 8. The molecule has 1 aliphatic rings. The summed E-state index contributed by atoms with van der Waals surface area (Å²) in [4.78, 5) is 20.1. The predicted octanol–water partition coefficient (Wildman–Crippen LogP) is -1.33. The molecule has 0 bridgehead atoms. The number of imidazole rings is 1. The van der Waals surface area contributed by atoms with E-state index in [0.29, 0.717) is 18.9 Å². The fraction of sp³-hybridized carbons (Fsp3) is 0.294. The number of carbonyl (C=O) groups is 1. The zero-order valence-corrected chi connectivity index (χ0v) is 34.1. The normalized spacial score (nSPS) is 13.9. The standard InChI is InChI=1S/C34H35N7O3S.2K/c1-2-3-10-31-35-21-26(7-6-19-44-27-17-13-23(14-18-27)20-30-33(42)36-34(43)45-30)41(31)22-24-11-15-25(16-12-24)28-8-4-5-9-29(28)32-37-39-40-38-32;;/h4-5,8-9,11-18,21,30H,2-3,6-7,10,19-20,22H2,1H3,(H2,36,37,38,39,40,42,43);;/q;2*+1/p-2. The van der Waals surface area contributed by atoms with Crippen LogP contribution >= 0.6 is 11.8 Å². The van der Waals surface area contributed by atoms with Gasteiger partial charge in [0.25, 0.3) is 5.91 Å². The van der Waals surface area contributed by atoms with Crippen molar-refractivity contribution in [3.63, 3.8) is 0 Å². The quantitative estimate of drug-likeness (QED) is 0.102. The number of nitrogens with zero attached hydrogens (tertiary/aromatic N) is 7. The van der Waals surface area contributed by atoms with Gasteiger partial charge in [0, 0.05) is 35.9 Å². The van der Waals surface area contributed by atoms with E-state index in [4.69, 9.17) is 9.72 Å². The van der Waals surface area contributed by atoms with Crippen LogP contribution in [-0.4, -0.2) is 48.1 Å². The Kier molecular flexibility index (Phi) is 15.5. The largest absolute Gasteiger partial charge is 1.00 e. The minimum atomic E-state index is -0.423. The molecule has 3 heterocycles. The van der Waals surface area contributed by atoms with Crippen molar-refractivity contribution in [1.29, 1.82) is 0 Å². The average Bonchev–Trinajstić information content (AvgIpc) is 3.80. The fourth-order valence-corrected chi connectivity index (χ4v) is 6.22. The van der Waals surface area contributed by atoms with Crippen LogP contribution in [0.1, 0.15) is 48.8 Å². The molecule has 3 aromatic carbocycles. The van der Waals surface area contributed by atoms with Gasteiger partial charge in [-0.25, -0.2) is 9.98 Å². The van der Waals surface area contributed by atoms with Crippen molar-refractivity contribution in [3.05, 3.63) is 102 Å². The van der Waals surface area contributed by atoms with E-state index in [1.54, 1.807) is 0 Å². The third kappa shape index (κ3) is 10.3. The first-order valence-electron chi connectivity index (χ1n) is 15.2. The average molecular weight is 698 g/mol. The molecule has 230 valence electrons. The first kappa shape index (κ1) is 38.3. The van der Waals surface area contributed by atoms with Gasteiger partial charge in [0.2, 0.25) is 0 Å². The molecule has 2 aromatic heterocycles. The molecule has 0 N–H and O–H groups in total. The van der Waals surface area contributed by atoms with Crippen molar-refractivity contribution in [2.45, 2.75) is 57.2 Å². The van der Waals surface area contributed by atoms with Crippen LogP contribution in [0.25, 0.3) is 22.5 Å². The van der Waals surface area contributed by atoms with Crippen LogP contribution < -0.4 is 118 Å². The molecule has 13 heteroatoms. The van der Waals surface area contributed by atoms with E-state index in [2.05, 4.69) is 67.4 Å². The molecule has 0 fully saturated rings. The van der Waals surface area contributed by atoms with Crippen LogP contribution in [0.5, 0.6) is 5.75 Å². The topological polar surface area (TPSA) is 132 Å². The molecular weight excluding hydrogens is 665 g/mol.